The molecular formula is C25H29ClF2N6O4SSi. The van der Waals surface area contributed by atoms with E-state index in [4.69, 9.17) is 21.1 Å². The lowest BCUT2D eigenvalue weighted by atomic mass is 10.2. The van der Waals surface area contributed by atoms with Crippen LogP contribution in [0.15, 0.2) is 47.8 Å². The van der Waals surface area contributed by atoms with E-state index in [1.807, 2.05) is 0 Å². The predicted octanol–water partition coefficient (Wildman–Crippen LogP) is 5.49. The molecule has 0 aliphatic heterocycles. The molecule has 0 aliphatic carbocycles. The highest BCUT2D eigenvalue weighted by Crippen LogP contribution is 2.31. The Morgan fingerprint density at radius 3 is 2.60 bits per heavy atom. The molecule has 0 aliphatic rings. The third-order valence-corrected chi connectivity index (χ3v) is 9.09. The van der Waals surface area contributed by atoms with Crippen LogP contribution in [0.25, 0.3) is 11.0 Å². The molecule has 1 aromatic carbocycles. The lowest BCUT2D eigenvalue weighted by molar-refractivity contribution is 0.0813. The summed E-state index contributed by atoms with van der Waals surface area (Å²) in [6.07, 6.45) is 4.42. The number of ether oxygens (including phenoxy) is 2. The molecule has 0 saturated carbocycles. The van der Waals surface area contributed by atoms with Crippen LogP contribution < -0.4 is 14.8 Å². The lowest BCUT2D eigenvalue weighted by Gasteiger charge is -2.15. The number of hydrogen-bond acceptors (Lipinski definition) is 8. The van der Waals surface area contributed by atoms with Crippen molar-refractivity contribution in [3.05, 3.63) is 65.1 Å². The summed E-state index contributed by atoms with van der Waals surface area (Å²) in [5, 5.41) is 7.78. The summed E-state index contributed by atoms with van der Waals surface area (Å²) in [4.78, 5) is 7.84. The maximum Gasteiger partial charge on any atom is 0.267 e. The molecule has 40 heavy (non-hydrogen) atoms. The Hall–Kier alpha value is -3.33. The van der Waals surface area contributed by atoms with Gasteiger partial charge in [0.05, 0.1) is 24.0 Å². The highest BCUT2D eigenvalue weighted by Gasteiger charge is 2.24. The second-order valence-electron chi connectivity index (χ2n) is 10.2. The number of hydrogen-bond donors (Lipinski definition) is 2. The first-order valence-electron chi connectivity index (χ1n) is 12.2. The Morgan fingerprint density at radius 1 is 1.10 bits per heavy atom. The molecule has 10 nitrogen and oxygen atoms in total. The Balaban J connectivity index is 1.47. The number of rotatable bonds is 12. The molecule has 2 N–H and O–H groups in total. The van der Waals surface area contributed by atoms with E-state index in [0.29, 0.717) is 17.8 Å². The van der Waals surface area contributed by atoms with E-state index in [1.54, 1.807) is 23.1 Å². The van der Waals surface area contributed by atoms with Crippen molar-refractivity contribution in [3.8, 4) is 5.88 Å². The molecule has 0 bridgehead atoms. The predicted molar refractivity (Wildman–Crippen MR) is 152 cm³/mol. The van der Waals surface area contributed by atoms with Crippen molar-refractivity contribution in [1.29, 1.82) is 0 Å². The Kier molecular flexibility index (Phi) is 8.92. The highest BCUT2D eigenvalue weighted by atomic mass is 35.5. The molecule has 0 fully saturated rings. The number of halogens is 3. The zero-order valence-corrected chi connectivity index (χ0v) is 24.9. The van der Waals surface area contributed by atoms with Crippen molar-refractivity contribution < 1.29 is 26.7 Å². The van der Waals surface area contributed by atoms with E-state index < -0.39 is 46.0 Å². The number of nitrogens with zero attached hydrogens (tertiary/aromatic N) is 4. The van der Waals surface area contributed by atoms with Crippen molar-refractivity contribution in [1.82, 2.24) is 19.7 Å². The first-order chi connectivity index (χ1) is 18.9. The third kappa shape index (κ3) is 7.05. The van der Waals surface area contributed by atoms with Crippen molar-refractivity contribution in [2.24, 2.45) is 0 Å². The van der Waals surface area contributed by atoms with Crippen molar-refractivity contribution >= 4 is 52.1 Å². The van der Waals surface area contributed by atoms with E-state index in [2.05, 4.69) is 44.7 Å². The topological polar surface area (TPSA) is 120 Å². The van der Waals surface area contributed by atoms with Gasteiger partial charge in [-0.1, -0.05) is 31.2 Å². The van der Waals surface area contributed by atoms with Crippen LogP contribution in [0.4, 0.5) is 20.2 Å². The fourth-order valence-electron chi connectivity index (χ4n) is 3.68. The van der Waals surface area contributed by atoms with Gasteiger partial charge in [-0.3, -0.25) is 4.72 Å². The van der Waals surface area contributed by atoms with Crippen molar-refractivity contribution in [2.45, 2.75) is 43.9 Å². The van der Waals surface area contributed by atoms with Gasteiger partial charge in [-0.25, -0.2) is 31.8 Å². The summed E-state index contributed by atoms with van der Waals surface area (Å²) >= 11 is 5.88. The van der Waals surface area contributed by atoms with Crippen LogP contribution in [0.3, 0.4) is 0 Å². The maximum absolute atomic E-state index is 15.3. The maximum atomic E-state index is 15.3. The lowest BCUT2D eigenvalue weighted by Crippen LogP contribution is -2.22. The molecule has 3 heterocycles. The van der Waals surface area contributed by atoms with Crippen molar-refractivity contribution in [3.63, 3.8) is 0 Å². The normalized spacial score (nSPS) is 12.1. The van der Waals surface area contributed by atoms with Crippen LogP contribution in [0.2, 0.25) is 30.7 Å². The van der Waals surface area contributed by atoms with Gasteiger partial charge in [0.2, 0.25) is 5.88 Å². The number of aromatic nitrogens is 4. The fourth-order valence-corrected chi connectivity index (χ4v) is 5.86. The first kappa shape index (κ1) is 29.6. The van der Waals surface area contributed by atoms with E-state index in [-0.39, 0.29) is 24.2 Å². The third-order valence-electron chi connectivity index (χ3n) is 5.81. The summed E-state index contributed by atoms with van der Waals surface area (Å²) < 4.78 is 70.2. The summed E-state index contributed by atoms with van der Waals surface area (Å²) in [7, 11) is -4.34. The highest BCUT2D eigenvalue weighted by molar-refractivity contribution is 7.92. The molecule has 0 atom stereocenters. The van der Waals surface area contributed by atoms with Crippen LogP contribution in [-0.2, 0) is 28.0 Å². The number of benzene rings is 1. The van der Waals surface area contributed by atoms with Crippen LogP contribution >= 0.6 is 11.6 Å². The first-order valence-corrected chi connectivity index (χ1v) is 17.8. The van der Waals surface area contributed by atoms with E-state index in [9.17, 15) is 12.8 Å². The van der Waals surface area contributed by atoms with Gasteiger partial charge in [0.25, 0.3) is 10.0 Å². The molecule has 3 aromatic heterocycles. The average molecular weight is 611 g/mol. The molecule has 0 amide bonds. The molecule has 15 heteroatoms. The van der Waals surface area contributed by atoms with E-state index >= 15 is 4.39 Å². The number of sulfonamides is 1. The molecule has 0 unspecified atom stereocenters. The number of pyridine rings is 2. The number of fused-ring (bicyclic) bond motifs is 1. The quantitative estimate of drug-likeness (QED) is 0.160. The molecule has 4 rings (SSSR count). The van der Waals surface area contributed by atoms with E-state index in [0.717, 1.165) is 29.6 Å². The molecular weight excluding hydrogens is 582 g/mol. The Bertz CT molecular complexity index is 1630. The summed E-state index contributed by atoms with van der Waals surface area (Å²) in [6, 6.07) is 5.87. The number of methoxy groups -OCH3 is 1. The Labute approximate surface area is 236 Å². The zero-order chi connectivity index (χ0) is 29.1. The Morgan fingerprint density at radius 2 is 1.88 bits per heavy atom. The number of anilines is 2. The van der Waals surface area contributed by atoms with Gasteiger partial charge in [-0.2, -0.15) is 5.10 Å². The van der Waals surface area contributed by atoms with Gasteiger partial charge in [0.1, 0.15) is 18.2 Å². The van der Waals surface area contributed by atoms with Gasteiger partial charge >= 0.3 is 0 Å². The van der Waals surface area contributed by atoms with Gasteiger partial charge in [-0.15, -0.1) is 0 Å². The minimum atomic E-state index is -4.38. The molecule has 214 valence electrons. The van der Waals surface area contributed by atoms with Gasteiger partial charge in [0.15, 0.2) is 16.4 Å². The largest absolute Gasteiger partial charge is 0.480 e. The summed E-state index contributed by atoms with van der Waals surface area (Å²) in [5.74, 6) is -2.27. The van der Waals surface area contributed by atoms with Crippen LogP contribution in [0.5, 0.6) is 5.88 Å². The minimum Gasteiger partial charge on any atom is -0.480 e. The monoisotopic (exact) mass is 610 g/mol. The standard InChI is InChI=1S/C25H29ClF2N6O4SSi/c1-37-25-21(10-18(26)14-31-25)39(35,36)33-20-6-5-19(27)23(22(20)28)29-11-16-9-17-13-32-34(24(17)30-12-16)15-38-7-8-40(2,3)4/h5-6,9-10,12-14,29,33H,7-8,11,15H2,1-4H3. The molecule has 4 aromatic rings. The average Bonchev–Trinajstić information content (AvgIpc) is 3.30. The van der Waals surface area contributed by atoms with Crippen molar-refractivity contribution in [2.75, 3.05) is 23.8 Å². The molecule has 0 spiro atoms. The van der Waals surface area contributed by atoms with Gasteiger partial charge in [0, 0.05) is 39.0 Å². The molecule has 0 saturated heterocycles. The summed E-state index contributed by atoms with van der Waals surface area (Å²) in [5.41, 5.74) is 0.264. The van der Waals surface area contributed by atoms with Gasteiger partial charge < -0.3 is 14.8 Å². The minimum absolute atomic E-state index is 0.0108. The number of nitrogens with one attached hydrogen (secondary N) is 2. The second kappa shape index (κ2) is 12.0. The van der Waals surface area contributed by atoms with Crippen LogP contribution in [0.1, 0.15) is 5.56 Å². The smallest absolute Gasteiger partial charge is 0.267 e. The second-order valence-corrected chi connectivity index (χ2v) is 17.9. The molecule has 0 radical (unpaired) electrons. The fraction of sp³-hybridized carbons (Fsp3) is 0.320. The zero-order valence-electron chi connectivity index (χ0n) is 22.3. The summed E-state index contributed by atoms with van der Waals surface area (Å²) in [6.45, 7) is 7.76. The van der Waals surface area contributed by atoms with E-state index in [1.165, 1.54) is 13.3 Å². The van der Waals surface area contributed by atoms with Gasteiger partial charge in [-0.05, 0) is 35.9 Å². The van der Waals surface area contributed by atoms with Crippen LogP contribution in [-0.4, -0.2) is 50.0 Å². The SMILES string of the molecule is COc1ncc(Cl)cc1S(=O)(=O)Nc1ccc(F)c(NCc2cnc3c(cnn3COCC[Si](C)(C)C)c2)c1F. The van der Waals surface area contributed by atoms with Crippen LogP contribution in [0, 0.1) is 11.6 Å².